The molecule has 1 unspecified atom stereocenters. The topological polar surface area (TPSA) is 87.7 Å². The zero-order chi connectivity index (χ0) is 15.8. The van der Waals surface area contributed by atoms with Crippen molar-refractivity contribution in [2.24, 2.45) is 5.92 Å². The van der Waals surface area contributed by atoms with E-state index in [-0.39, 0.29) is 5.92 Å². The van der Waals surface area contributed by atoms with Crippen LogP contribution in [0.15, 0.2) is 24.3 Å². The van der Waals surface area contributed by atoms with Crippen molar-refractivity contribution in [2.45, 2.75) is 26.8 Å². The minimum atomic E-state index is -1.05. The monoisotopic (exact) mass is 294 g/mol. The fraction of sp³-hybridized carbons (Fsp3) is 0.467. The van der Waals surface area contributed by atoms with Crippen molar-refractivity contribution >= 4 is 12.0 Å². The number of amides is 2. The highest BCUT2D eigenvalue weighted by Crippen LogP contribution is 2.11. The minimum absolute atomic E-state index is 0.184. The third-order valence-corrected chi connectivity index (χ3v) is 2.87. The van der Waals surface area contributed by atoms with Gasteiger partial charge in [0.25, 0.3) is 0 Å². The van der Waals surface area contributed by atoms with E-state index in [1.54, 1.807) is 13.8 Å². The quantitative estimate of drug-likeness (QED) is 0.669. The lowest BCUT2D eigenvalue weighted by atomic mass is 10.1. The first kappa shape index (κ1) is 16.8. The van der Waals surface area contributed by atoms with Gasteiger partial charge in [0.1, 0.15) is 18.4 Å². The Morgan fingerprint density at radius 1 is 1.33 bits per heavy atom. The van der Waals surface area contributed by atoms with Gasteiger partial charge in [-0.15, -0.1) is 0 Å². The summed E-state index contributed by atoms with van der Waals surface area (Å²) in [4.78, 5) is 22.5. The molecule has 116 valence electrons. The summed E-state index contributed by atoms with van der Waals surface area (Å²) in [6, 6.07) is 6.19. The lowest BCUT2D eigenvalue weighted by Crippen LogP contribution is -2.49. The maximum atomic E-state index is 11.6. The summed E-state index contributed by atoms with van der Waals surface area (Å²) in [7, 11) is 0. The Hall–Kier alpha value is -2.24. The predicted molar refractivity (Wildman–Crippen MR) is 79.5 cm³/mol. The molecule has 0 aliphatic rings. The first-order chi connectivity index (χ1) is 9.90. The van der Waals surface area contributed by atoms with E-state index in [0.29, 0.717) is 13.2 Å². The van der Waals surface area contributed by atoms with Gasteiger partial charge >= 0.3 is 12.0 Å². The van der Waals surface area contributed by atoms with Crippen LogP contribution in [-0.4, -0.2) is 36.3 Å². The Labute approximate surface area is 124 Å². The third-order valence-electron chi connectivity index (χ3n) is 2.87. The molecule has 1 aromatic carbocycles. The van der Waals surface area contributed by atoms with Crippen LogP contribution in [0.25, 0.3) is 0 Å². The van der Waals surface area contributed by atoms with Crippen LogP contribution >= 0.6 is 0 Å². The van der Waals surface area contributed by atoms with Crippen LogP contribution in [0.3, 0.4) is 0 Å². The standard InChI is InChI=1S/C15H22N2O4/c1-10(2)13(14(18)19)17-15(20)16-7-8-21-12-6-4-5-11(3)9-12/h4-6,9-10,13H,7-8H2,1-3H3,(H,18,19)(H2,16,17,20). The van der Waals surface area contributed by atoms with E-state index in [2.05, 4.69) is 10.6 Å². The normalized spacial score (nSPS) is 11.8. The van der Waals surface area contributed by atoms with E-state index in [1.165, 1.54) is 0 Å². The van der Waals surface area contributed by atoms with Crippen molar-refractivity contribution in [3.8, 4) is 5.75 Å². The molecule has 0 aromatic heterocycles. The van der Waals surface area contributed by atoms with Gasteiger partial charge in [-0.1, -0.05) is 26.0 Å². The van der Waals surface area contributed by atoms with Crippen LogP contribution < -0.4 is 15.4 Å². The second-order valence-corrected chi connectivity index (χ2v) is 5.13. The van der Waals surface area contributed by atoms with E-state index in [9.17, 15) is 9.59 Å². The van der Waals surface area contributed by atoms with E-state index in [1.807, 2.05) is 31.2 Å². The number of hydrogen-bond donors (Lipinski definition) is 3. The predicted octanol–water partition coefficient (Wildman–Crippen LogP) is 1.78. The van der Waals surface area contributed by atoms with Crippen molar-refractivity contribution in [2.75, 3.05) is 13.2 Å². The number of carboxylic acid groups (broad SMARTS) is 1. The number of rotatable bonds is 7. The van der Waals surface area contributed by atoms with Crippen molar-refractivity contribution in [3.05, 3.63) is 29.8 Å². The molecule has 0 radical (unpaired) electrons. The van der Waals surface area contributed by atoms with E-state index in [4.69, 9.17) is 9.84 Å². The fourth-order valence-corrected chi connectivity index (χ4v) is 1.74. The number of carbonyl (C=O) groups excluding carboxylic acids is 1. The van der Waals surface area contributed by atoms with Gasteiger partial charge in [0.2, 0.25) is 0 Å². The molecular weight excluding hydrogens is 272 g/mol. The molecule has 0 saturated heterocycles. The number of aliphatic carboxylic acids is 1. The smallest absolute Gasteiger partial charge is 0.326 e. The molecule has 0 aliphatic heterocycles. The van der Waals surface area contributed by atoms with Gasteiger partial charge in [-0.05, 0) is 30.5 Å². The number of ether oxygens (including phenoxy) is 1. The number of aryl methyl sites for hydroxylation is 1. The first-order valence-corrected chi connectivity index (χ1v) is 6.86. The highest BCUT2D eigenvalue weighted by atomic mass is 16.5. The number of benzene rings is 1. The number of carboxylic acids is 1. The Morgan fingerprint density at radius 2 is 2.05 bits per heavy atom. The van der Waals surface area contributed by atoms with Crippen molar-refractivity contribution in [3.63, 3.8) is 0 Å². The maximum absolute atomic E-state index is 11.6. The van der Waals surface area contributed by atoms with Gasteiger partial charge in [0, 0.05) is 0 Å². The average Bonchev–Trinajstić information content (AvgIpc) is 2.40. The third kappa shape index (κ3) is 6.16. The average molecular weight is 294 g/mol. The molecule has 1 rings (SSSR count). The van der Waals surface area contributed by atoms with Crippen molar-refractivity contribution in [1.29, 1.82) is 0 Å². The zero-order valence-electron chi connectivity index (χ0n) is 12.6. The second-order valence-electron chi connectivity index (χ2n) is 5.13. The van der Waals surface area contributed by atoms with E-state index in [0.717, 1.165) is 11.3 Å². The Bertz CT molecular complexity index is 488. The Balaban J connectivity index is 2.29. The molecule has 2 amide bonds. The maximum Gasteiger partial charge on any atom is 0.326 e. The lowest BCUT2D eigenvalue weighted by Gasteiger charge is -2.18. The second kappa shape index (κ2) is 8.14. The molecule has 0 bridgehead atoms. The number of nitrogens with one attached hydrogen (secondary N) is 2. The SMILES string of the molecule is Cc1cccc(OCCNC(=O)NC(C(=O)O)C(C)C)c1. The Kier molecular flexibility index (Phi) is 6.52. The number of hydrogen-bond acceptors (Lipinski definition) is 3. The molecule has 1 aromatic rings. The molecule has 3 N–H and O–H groups in total. The Morgan fingerprint density at radius 3 is 2.62 bits per heavy atom. The van der Waals surface area contributed by atoms with Crippen molar-refractivity contribution < 1.29 is 19.4 Å². The molecule has 0 aliphatic carbocycles. The van der Waals surface area contributed by atoms with Crippen LogP contribution in [0.4, 0.5) is 4.79 Å². The number of urea groups is 1. The first-order valence-electron chi connectivity index (χ1n) is 6.86. The summed E-state index contributed by atoms with van der Waals surface area (Å²) < 4.78 is 5.48. The molecule has 0 fully saturated rings. The van der Waals surface area contributed by atoms with Crippen LogP contribution in [0.1, 0.15) is 19.4 Å². The molecule has 0 heterocycles. The van der Waals surface area contributed by atoms with E-state index < -0.39 is 18.0 Å². The highest BCUT2D eigenvalue weighted by Gasteiger charge is 2.22. The lowest BCUT2D eigenvalue weighted by molar-refractivity contribution is -0.140. The summed E-state index contributed by atoms with van der Waals surface area (Å²) in [5.74, 6) is -0.490. The summed E-state index contributed by atoms with van der Waals surface area (Å²) in [6.07, 6.45) is 0. The summed E-state index contributed by atoms with van der Waals surface area (Å²) in [6.45, 7) is 6.05. The van der Waals surface area contributed by atoms with Gasteiger partial charge in [-0.2, -0.15) is 0 Å². The largest absolute Gasteiger partial charge is 0.492 e. The summed E-state index contributed by atoms with van der Waals surface area (Å²) in [5.41, 5.74) is 1.10. The zero-order valence-corrected chi connectivity index (χ0v) is 12.6. The summed E-state index contributed by atoms with van der Waals surface area (Å²) in [5, 5.41) is 14.0. The van der Waals surface area contributed by atoms with Crippen LogP contribution in [0, 0.1) is 12.8 Å². The van der Waals surface area contributed by atoms with Gasteiger partial charge in [-0.3, -0.25) is 0 Å². The molecule has 1 atom stereocenters. The summed E-state index contributed by atoms with van der Waals surface area (Å²) >= 11 is 0. The fourth-order valence-electron chi connectivity index (χ4n) is 1.74. The molecule has 6 heteroatoms. The van der Waals surface area contributed by atoms with Gasteiger partial charge in [-0.25, -0.2) is 9.59 Å². The van der Waals surface area contributed by atoms with Crippen LogP contribution in [0.2, 0.25) is 0 Å². The van der Waals surface area contributed by atoms with Crippen LogP contribution in [-0.2, 0) is 4.79 Å². The molecule has 0 saturated carbocycles. The van der Waals surface area contributed by atoms with Gasteiger partial charge in [0.15, 0.2) is 0 Å². The molecule has 0 spiro atoms. The highest BCUT2D eigenvalue weighted by molar-refractivity contribution is 5.82. The number of carbonyl (C=O) groups is 2. The van der Waals surface area contributed by atoms with Gasteiger partial charge in [0.05, 0.1) is 6.54 Å². The molecule has 6 nitrogen and oxygen atoms in total. The van der Waals surface area contributed by atoms with Crippen molar-refractivity contribution in [1.82, 2.24) is 10.6 Å². The van der Waals surface area contributed by atoms with E-state index >= 15 is 0 Å². The minimum Gasteiger partial charge on any atom is -0.492 e. The van der Waals surface area contributed by atoms with Gasteiger partial charge < -0.3 is 20.5 Å². The van der Waals surface area contributed by atoms with Crippen LogP contribution in [0.5, 0.6) is 5.75 Å². The molecular formula is C15H22N2O4. The molecule has 21 heavy (non-hydrogen) atoms.